The van der Waals surface area contributed by atoms with Crippen molar-refractivity contribution < 1.29 is 73.3 Å². The van der Waals surface area contributed by atoms with Crippen LogP contribution in [0.15, 0.2) is 53.7 Å². The molecule has 0 bridgehead atoms. The molecule has 0 radical (unpaired) electrons. The summed E-state index contributed by atoms with van der Waals surface area (Å²) in [6.45, 7) is 6.34. The number of aliphatic hydroxyl groups is 6. The summed E-state index contributed by atoms with van der Waals surface area (Å²) in [5.41, 5.74) is 0.562. The van der Waals surface area contributed by atoms with E-state index >= 15 is 0 Å². The van der Waals surface area contributed by atoms with Crippen LogP contribution in [0.2, 0.25) is 0 Å². The number of carbonyl (C=O) groups excluding carboxylic acids is 1. The Balaban J connectivity index is 0.00000769. The van der Waals surface area contributed by atoms with Crippen molar-refractivity contribution in [2.75, 3.05) is 52.0 Å². The minimum Gasteiger partial charge on any atom is -0.463 e. The SMILES string of the molecule is C.CC(CC(c1ccc(C2OC[C@H]3O[C@H](O[C@H]4O[C@H](CO)[C@@H](O)[C@H](O)[C@H]4O)[C@H](O)[C@@H](O)[C@@H]3O2)cc1)C(C)(C)C#N)C(=O)OCCOCCOCCSSc1ccccn1. The maximum atomic E-state index is 12.9. The largest absolute Gasteiger partial charge is 0.463 e. The molecule has 3 saturated heterocycles. The number of ether oxygens (including phenoxy) is 8. The molecule has 6 N–H and O–H groups in total. The summed E-state index contributed by atoms with van der Waals surface area (Å²) in [5.74, 6) is -0.448. The Morgan fingerprint density at radius 1 is 0.915 bits per heavy atom. The maximum absolute atomic E-state index is 12.9. The number of fused-ring (bicyclic) bond motifs is 1. The molecule has 2 aromatic rings. The van der Waals surface area contributed by atoms with Gasteiger partial charge in [0.05, 0.1) is 57.0 Å². The van der Waals surface area contributed by atoms with Crippen molar-refractivity contribution in [2.24, 2.45) is 11.3 Å². The third-order valence-electron chi connectivity index (χ3n) is 10.1. The first kappa shape index (κ1) is 49.2. The summed E-state index contributed by atoms with van der Waals surface area (Å²) in [6, 6.07) is 15.3. The Kier molecular flexibility index (Phi) is 19.7. The van der Waals surface area contributed by atoms with Crippen LogP contribution in [0.3, 0.4) is 0 Å². The Morgan fingerprint density at radius 3 is 2.27 bits per heavy atom. The molecule has 4 heterocycles. The second-order valence-corrected chi connectivity index (χ2v) is 17.2. The van der Waals surface area contributed by atoms with E-state index in [1.165, 1.54) is 0 Å². The quantitative estimate of drug-likeness (QED) is 0.0633. The zero-order valence-electron chi connectivity index (χ0n) is 32.6. The highest BCUT2D eigenvalue weighted by molar-refractivity contribution is 8.76. The van der Waals surface area contributed by atoms with Gasteiger partial charge in [-0.25, -0.2) is 4.98 Å². The lowest BCUT2D eigenvalue weighted by Crippen LogP contribution is -2.65. The molecule has 0 aliphatic carbocycles. The van der Waals surface area contributed by atoms with Crippen molar-refractivity contribution >= 4 is 27.6 Å². The predicted molar refractivity (Wildman–Crippen MR) is 213 cm³/mol. The van der Waals surface area contributed by atoms with Gasteiger partial charge in [-0.2, -0.15) is 5.26 Å². The summed E-state index contributed by atoms with van der Waals surface area (Å²) in [4.78, 5) is 17.2. The van der Waals surface area contributed by atoms with Gasteiger partial charge < -0.3 is 68.5 Å². The molecular formula is C40H58N2O15S2. The number of aromatic nitrogens is 1. The van der Waals surface area contributed by atoms with Crippen LogP contribution >= 0.6 is 21.6 Å². The third kappa shape index (κ3) is 13.3. The van der Waals surface area contributed by atoms with Crippen LogP contribution in [0, 0.1) is 22.7 Å². The van der Waals surface area contributed by atoms with Crippen LogP contribution in [-0.2, 0) is 42.7 Å². The number of hydrogen-bond acceptors (Lipinski definition) is 19. The minimum atomic E-state index is -1.74. The molecule has 5 rings (SSSR count). The van der Waals surface area contributed by atoms with E-state index in [4.69, 9.17) is 37.9 Å². The number of carbonyl (C=O) groups is 1. The number of pyridine rings is 1. The van der Waals surface area contributed by atoms with E-state index in [1.54, 1.807) is 46.8 Å². The van der Waals surface area contributed by atoms with E-state index in [0.29, 0.717) is 31.8 Å². The highest BCUT2D eigenvalue weighted by Gasteiger charge is 2.52. The summed E-state index contributed by atoms with van der Waals surface area (Å²) in [5, 5.41) is 72.8. The third-order valence-corrected chi connectivity index (χ3v) is 12.4. The number of aliphatic hydroxyl groups excluding tert-OH is 6. The van der Waals surface area contributed by atoms with Gasteiger partial charge in [0.25, 0.3) is 0 Å². The molecule has 1 aromatic heterocycles. The first-order valence-corrected chi connectivity index (χ1v) is 21.4. The highest BCUT2D eigenvalue weighted by atomic mass is 33.1. The van der Waals surface area contributed by atoms with Crippen LogP contribution in [-0.4, -0.2) is 155 Å². The number of nitrogens with zero attached hydrogens (tertiary/aromatic N) is 2. The van der Waals surface area contributed by atoms with Crippen molar-refractivity contribution in [2.45, 2.75) is 113 Å². The Labute approximate surface area is 352 Å². The topological polar surface area (TPSA) is 249 Å². The lowest BCUT2D eigenvalue weighted by Gasteiger charge is -2.48. The van der Waals surface area contributed by atoms with E-state index in [9.17, 15) is 40.7 Å². The Morgan fingerprint density at radius 2 is 1.59 bits per heavy atom. The summed E-state index contributed by atoms with van der Waals surface area (Å²) < 4.78 is 45.3. The smallest absolute Gasteiger partial charge is 0.308 e. The van der Waals surface area contributed by atoms with Crippen molar-refractivity contribution in [3.05, 3.63) is 59.8 Å². The van der Waals surface area contributed by atoms with E-state index in [-0.39, 0.29) is 33.2 Å². The molecule has 13 atom stereocenters. The van der Waals surface area contributed by atoms with Crippen LogP contribution < -0.4 is 0 Å². The van der Waals surface area contributed by atoms with Gasteiger partial charge in [0.1, 0.15) is 60.5 Å². The fourth-order valence-electron chi connectivity index (χ4n) is 6.69. The van der Waals surface area contributed by atoms with Gasteiger partial charge in [-0.1, -0.05) is 55.5 Å². The van der Waals surface area contributed by atoms with Crippen LogP contribution in [0.5, 0.6) is 0 Å². The highest BCUT2D eigenvalue weighted by Crippen LogP contribution is 2.41. The number of nitriles is 1. The second-order valence-electron chi connectivity index (χ2n) is 14.8. The van der Waals surface area contributed by atoms with E-state index < -0.39 is 91.6 Å². The first-order valence-electron chi connectivity index (χ1n) is 19.1. The Bertz CT molecular complexity index is 1590. The zero-order chi connectivity index (χ0) is 41.8. The van der Waals surface area contributed by atoms with Gasteiger partial charge in [-0.3, -0.25) is 4.79 Å². The number of hydrogen-bond donors (Lipinski definition) is 6. The lowest BCUT2D eigenvalue weighted by molar-refractivity contribution is -0.399. The predicted octanol–water partition coefficient (Wildman–Crippen LogP) is 2.07. The number of benzene rings is 1. The van der Waals surface area contributed by atoms with Gasteiger partial charge in [-0.15, -0.1) is 0 Å². The van der Waals surface area contributed by atoms with Crippen LogP contribution in [0.1, 0.15) is 58.0 Å². The fraction of sp³-hybridized carbons (Fsp3) is 0.675. The standard InChI is InChI=1S/C39H54N2O15S2.CH4/c1-22(35(48)51-15-14-49-12-13-50-16-17-57-58-28-6-4-5-11-41-28)18-25(39(2,3)21-40)23-7-9-24(10-8-23)36-52-20-27-34(55-36)31(45)33(47)38(54-27)56-37-32(46)30(44)29(43)26(19-42)53-37;/h4-11,22,25-27,29-34,36-38,42-47H,12-20H2,1-3H3;1H4/t22?,25?,26-,27-,29-,30+,31-,32-,33-,34-,36?,37-,38-;/m1./s1. The molecule has 0 spiro atoms. The van der Waals surface area contributed by atoms with Gasteiger partial charge >= 0.3 is 5.97 Å². The van der Waals surface area contributed by atoms with Crippen molar-refractivity contribution in [3.63, 3.8) is 0 Å². The molecule has 3 aliphatic heterocycles. The van der Waals surface area contributed by atoms with Crippen molar-refractivity contribution in [1.82, 2.24) is 4.98 Å². The van der Waals surface area contributed by atoms with E-state index in [1.807, 2.05) is 44.2 Å². The second kappa shape index (κ2) is 23.7. The van der Waals surface area contributed by atoms with Gasteiger partial charge in [-0.05, 0) is 48.8 Å². The van der Waals surface area contributed by atoms with Gasteiger partial charge in [0, 0.05) is 23.4 Å². The molecular weight excluding hydrogens is 813 g/mol. The zero-order valence-corrected chi connectivity index (χ0v) is 34.2. The Hall–Kier alpha value is -2.49. The van der Waals surface area contributed by atoms with Crippen LogP contribution in [0.4, 0.5) is 0 Å². The number of esters is 1. The fourth-order valence-corrected chi connectivity index (χ4v) is 8.43. The molecule has 17 nitrogen and oxygen atoms in total. The van der Waals surface area contributed by atoms with Gasteiger partial charge in [0.15, 0.2) is 18.9 Å². The molecule has 3 unspecified atom stereocenters. The van der Waals surface area contributed by atoms with Crippen molar-refractivity contribution in [3.8, 4) is 6.07 Å². The molecule has 330 valence electrons. The van der Waals surface area contributed by atoms with E-state index in [0.717, 1.165) is 16.3 Å². The molecule has 0 amide bonds. The maximum Gasteiger partial charge on any atom is 0.308 e. The van der Waals surface area contributed by atoms with Crippen molar-refractivity contribution in [1.29, 1.82) is 5.26 Å². The van der Waals surface area contributed by atoms with E-state index in [2.05, 4.69) is 11.1 Å². The monoisotopic (exact) mass is 870 g/mol. The molecule has 19 heteroatoms. The molecule has 0 saturated carbocycles. The number of rotatable bonds is 20. The average molecular weight is 871 g/mol. The summed E-state index contributed by atoms with van der Waals surface area (Å²) in [7, 11) is 3.26. The van der Waals surface area contributed by atoms with Crippen LogP contribution in [0.25, 0.3) is 0 Å². The molecule has 59 heavy (non-hydrogen) atoms. The molecule has 3 fully saturated rings. The lowest BCUT2D eigenvalue weighted by atomic mass is 9.72. The summed E-state index contributed by atoms with van der Waals surface area (Å²) in [6.07, 6.45) is -13.4. The first-order chi connectivity index (χ1) is 27.8. The minimum absolute atomic E-state index is 0. The van der Waals surface area contributed by atoms with Gasteiger partial charge in [0.2, 0.25) is 0 Å². The molecule has 1 aromatic carbocycles. The summed E-state index contributed by atoms with van der Waals surface area (Å²) >= 11 is 0. The normalized spacial score (nSPS) is 30.6. The molecule has 3 aliphatic rings. The average Bonchev–Trinajstić information content (AvgIpc) is 3.23.